The molecule has 0 aliphatic carbocycles. The highest BCUT2D eigenvalue weighted by molar-refractivity contribution is 5.46. The molecule has 0 radical (unpaired) electrons. The van der Waals surface area contributed by atoms with E-state index in [4.69, 9.17) is 4.74 Å². The lowest BCUT2D eigenvalue weighted by Crippen LogP contribution is -2.26. The first kappa shape index (κ1) is 10.6. The molecule has 3 heteroatoms. The molecular weight excluding hydrogens is 178 g/mol. The summed E-state index contributed by atoms with van der Waals surface area (Å²) < 4.78 is 5.05. The van der Waals surface area contributed by atoms with Crippen molar-refractivity contribution in [2.75, 3.05) is 7.11 Å². The minimum atomic E-state index is 0.167. The van der Waals surface area contributed by atoms with Crippen molar-refractivity contribution in [3.8, 4) is 5.75 Å². The van der Waals surface area contributed by atoms with Gasteiger partial charge in [0.1, 0.15) is 5.75 Å². The monoisotopic (exact) mass is 193 g/mol. The lowest BCUT2D eigenvalue weighted by Gasteiger charge is -2.10. The normalized spacial score (nSPS) is 11.9. The fourth-order valence-electron chi connectivity index (χ4n) is 1.29. The second-order valence-corrected chi connectivity index (χ2v) is 3.24. The molecule has 0 bridgehead atoms. The summed E-state index contributed by atoms with van der Waals surface area (Å²) in [6, 6.07) is 8.01. The lowest BCUT2D eigenvalue weighted by molar-refractivity contribution is -0.110. The number of methoxy groups -OCH3 is 1. The zero-order chi connectivity index (χ0) is 10.4. The van der Waals surface area contributed by atoms with Gasteiger partial charge in [-0.3, -0.25) is 4.79 Å². The molecule has 1 atom stereocenters. The van der Waals surface area contributed by atoms with Crippen molar-refractivity contribution in [2.24, 2.45) is 0 Å². The van der Waals surface area contributed by atoms with Gasteiger partial charge < -0.3 is 10.1 Å². The van der Waals surface area contributed by atoms with Gasteiger partial charge in [-0.05, 0) is 31.0 Å². The summed E-state index contributed by atoms with van der Waals surface area (Å²) in [6.07, 6.45) is 1.57. The molecule has 76 valence electrons. The maximum Gasteiger partial charge on any atom is 0.207 e. The minimum Gasteiger partial charge on any atom is -0.497 e. The molecule has 0 heterocycles. The third kappa shape index (κ3) is 3.09. The van der Waals surface area contributed by atoms with E-state index in [2.05, 4.69) is 5.32 Å². The van der Waals surface area contributed by atoms with Crippen LogP contribution in [0.5, 0.6) is 5.75 Å². The van der Waals surface area contributed by atoms with Crippen LogP contribution in [-0.2, 0) is 11.2 Å². The molecule has 0 saturated heterocycles. The maximum atomic E-state index is 10.2. The van der Waals surface area contributed by atoms with E-state index in [-0.39, 0.29) is 6.04 Å². The molecule has 1 aromatic rings. The number of carbonyl (C=O) groups excluding carboxylic acids is 1. The number of hydrogen-bond acceptors (Lipinski definition) is 2. The Bertz CT molecular complexity index is 282. The van der Waals surface area contributed by atoms with Gasteiger partial charge in [0, 0.05) is 6.04 Å². The fraction of sp³-hybridized carbons (Fsp3) is 0.364. The van der Waals surface area contributed by atoms with Gasteiger partial charge >= 0.3 is 0 Å². The minimum absolute atomic E-state index is 0.167. The van der Waals surface area contributed by atoms with E-state index < -0.39 is 0 Å². The fourth-order valence-corrected chi connectivity index (χ4v) is 1.29. The Kier molecular flexibility index (Phi) is 3.98. The smallest absolute Gasteiger partial charge is 0.207 e. The molecule has 1 aromatic carbocycles. The van der Waals surface area contributed by atoms with Crippen molar-refractivity contribution in [1.29, 1.82) is 0 Å². The Hall–Kier alpha value is -1.51. The summed E-state index contributed by atoms with van der Waals surface area (Å²) in [5, 5.41) is 2.71. The second kappa shape index (κ2) is 5.27. The van der Waals surface area contributed by atoms with Crippen molar-refractivity contribution < 1.29 is 9.53 Å². The quantitative estimate of drug-likeness (QED) is 0.717. The number of benzene rings is 1. The highest BCUT2D eigenvalue weighted by Gasteiger charge is 2.01. The number of carbonyl (C=O) groups is 1. The van der Waals surface area contributed by atoms with E-state index in [0.717, 1.165) is 18.6 Å². The molecule has 0 fully saturated rings. The van der Waals surface area contributed by atoms with Gasteiger partial charge in [-0.1, -0.05) is 12.1 Å². The Morgan fingerprint density at radius 3 is 2.57 bits per heavy atom. The van der Waals surface area contributed by atoms with Gasteiger partial charge in [0.25, 0.3) is 0 Å². The molecule has 0 aliphatic rings. The molecule has 3 nitrogen and oxygen atoms in total. The van der Waals surface area contributed by atoms with Crippen molar-refractivity contribution >= 4 is 6.41 Å². The predicted molar refractivity (Wildman–Crippen MR) is 55.4 cm³/mol. The Morgan fingerprint density at radius 1 is 1.43 bits per heavy atom. The molecule has 1 N–H and O–H groups in total. The second-order valence-electron chi connectivity index (χ2n) is 3.24. The van der Waals surface area contributed by atoms with E-state index in [1.165, 1.54) is 5.56 Å². The van der Waals surface area contributed by atoms with Gasteiger partial charge in [-0.25, -0.2) is 0 Å². The summed E-state index contributed by atoms with van der Waals surface area (Å²) in [7, 11) is 1.64. The summed E-state index contributed by atoms with van der Waals surface area (Å²) in [5.74, 6) is 0.852. The van der Waals surface area contributed by atoms with Crippen LogP contribution >= 0.6 is 0 Å². The zero-order valence-electron chi connectivity index (χ0n) is 8.49. The number of hydrogen-bond donors (Lipinski definition) is 1. The first-order valence-corrected chi connectivity index (χ1v) is 4.59. The molecule has 1 rings (SSSR count). The molecule has 0 spiro atoms. The average molecular weight is 193 g/mol. The average Bonchev–Trinajstić information content (AvgIpc) is 2.19. The number of rotatable bonds is 5. The van der Waals surface area contributed by atoms with Crippen LogP contribution in [0.3, 0.4) is 0 Å². The van der Waals surface area contributed by atoms with Crippen molar-refractivity contribution in [3.05, 3.63) is 29.8 Å². The molecule has 0 aliphatic heterocycles. The van der Waals surface area contributed by atoms with Gasteiger partial charge in [-0.15, -0.1) is 0 Å². The van der Waals surface area contributed by atoms with E-state index >= 15 is 0 Å². The van der Waals surface area contributed by atoms with Crippen LogP contribution in [0.1, 0.15) is 12.5 Å². The molecule has 0 saturated carbocycles. The third-order valence-corrected chi connectivity index (χ3v) is 2.05. The highest BCUT2D eigenvalue weighted by Crippen LogP contribution is 2.12. The summed E-state index contributed by atoms with van der Waals surface area (Å²) >= 11 is 0. The maximum absolute atomic E-state index is 10.2. The van der Waals surface area contributed by atoms with Gasteiger partial charge in [0.15, 0.2) is 0 Å². The summed E-state index contributed by atoms with van der Waals surface area (Å²) in [4.78, 5) is 10.2. The first-order valence-electron chi connectivity index (χ1n) is 4.59. The van der Waals surface area contributed by atoms with E-state index in [9.17, 15) is 4.79 Å². The van der Waals surface area contributed by atoms with Crippen molar-refractivity contribution in [2.45, 2.75) is 19.4 Å². The lowest BCUT2D eigenvalue weighted by atomic mass is 10.1. The van der Waals surface area contributed by atoms with Crippen LogP contribution < -0.4 is 10.1 Å². The van der Waals surface area contributed by atoms with Crippen LogP contribution in [0, 0.1) is 0 Å². The summed E-state index contributed by atoms with van der Waals surface area (Å²) in [5.41, 5.74) is 1.19. The standard InChI is InChI=1S/C11H15NO2/c1-9(12-8-13)7-10-3-5-11(14-2)6-4-10/h3-6,8-9H,7H2,1-2H3,(H,12,13)/t9-/m0/s1. The van der Waals surface area contributed by atoms with E-state index in [1.54, 1.807) is 7.11 Å². The molecule has 0 unspecified atom stereocenters. The highest BCUT2D eigenvalue weighted by atomic mass is 16.5. The number of nitrogens with one attached hydrogen (secondary N) is 1. The number of ether oxygens (including phenoxy) is 1. The van der Waals surface area contributed by atoms with Crippen LogP contribution in [0.25, 0.3) is 0 Å². The number of amides is 1. The Labute approximate surface area is 84.1 Å². The van der Waals surface area contributed by atoms with Crippen LogP contribution in [0.2, 0.25) is 0 Å². The van der Waals surface area contributed by atoms with Gasteiger partial charge in [0.05, 0.1) is 7.11 Å². The van der Waals surface area contributed by atoms with E-state index in [1.807, 2.05) is 31.2 Å². The molecular formula is C11H15NO2. The van der Waals surface area contributed by atoms with Crippen molar-refractivity contribution in [1.82, 2.24) is 5.32 Å². The molecule has 14 heavy (non-hydrogen) atoms. The predicted octanol–water partition coefficient (Wildman–Crippen LogP) is 1.37. The Morgan fingerprint density at radius 2 is 2.07 bits per heavy atom. The zero-order valence-corrected chi connectivity index (χ0v) is 8.49. The van der Waals surface area contributed by atoms with Gasteiger partial charge in [-0.2, -0.15) is 0 Å². The Balaban J connectivity index is 2.54. The van der Waals surface area contributed by atoms with Crippen LogP contribution in [0.15, 0.2) is 24.3 Å². The first-order chi connectivity index (χ1) is 6.76. The SMILES string of the molecule is COc1ccc(C[C@H](C)NC=O)cc1. The third-order valence-electron chi connectivity index (χ3n) is 2.05. The topological polar surface area (TPSA) is 38.3 Å². The van der Waals surface area contributed by atoms with Crippen LogP contribution in [0.4, 0.5) is 0 Å². The van der Waals surface area contributed by atoms with E-state index in [0.29, 0.717) is 0 Å². The van der Waals surface area contributed by atoms with Gasteiger partial charge in [0.2, 0.25) is 6.41 Å². The van der Waals surface area contributed by atoms with Crippen molar-refractivity contribution in [3.63, 3.8) is 0 Å². The van der Waals surface area contributed by atoms with Crippen LogP contribution in [-0.4, -0.2) is 19.6 Å². The molecule has 0 aromatic heterocycles. The molecule has 1 amide bonds. The summed E-state index contributed by atoms with van der Waals surface area (Å²) in [6.45, 7) is 1.97. The largest absolute Gasteiger partial charge is 0.497 e.